The molecule has 0 spiro atoms. The number of aliphatic hydroxyl groups is 1. The van der Waals surface area contributed by atoms with Gasteiger partial charge in [0, 0.05) is 13.0 Å². The Morgan fingerprint density at radius 1 is 1.33 bits per heavy atom. The Labute approximate surface area is 109 Å². The Hall–Kier alpha value is -1.35. The highest BCUT2D eigenvalue weighted by atomic mass is 16.3. The van der Waals surface area contributed by atoms with Crippen LogP contribution in [0.2, 0.25) is 0 Å². The summed E-state index contributed by atoms with van der Waals surface area (Å²) in [6, 6.07) is 10.1. The van der Waals surface area contributed by atoms with Crippen LogP contribution in [0.1, 0.15) is 38.7 Å². The highest BCUT2D eigenvalue weighted by molar-refractivity contribution is 5.75. The van der Waals surface area contributed by atoms with Gasteiger partial charge in [0.05, 0.1) is 5.60 Å². The van der Waals surface area contributed by atoms with E-state index in [9.17, 15) is 9.90 Å². The lowest BCUT2D eigenvalue weighted by Crippen LogP contribution is -2.40. The first-order valence-electron chi connectivity index (χ1n) is 6.56. The van der Waals surface area contributed by atoms with Gasteiger partial charge in [-0.25, -0.2) is 0 Å². The Morgan fingerprint density at radius 3 is 2.61 bits per heavy atom. The molecule has 0 saturated heterocycles. The molecule has 2 N–H and O–H groups in total. The number of aryl methyl sites for hydroxylation is 1. The number of rotatable bonds is 7. The largest absolute Gasteiger partial charge is 0.388 e. The number of carbonyl (C=O) groups excluding carboxylic acids is 1. The first-order chi connectivity index (χ1) is 8.53. The molecule has 0 radical (unpaired) electrons. The van der Waals surface area contributed by atoms with Crippen LogP contribution in [-0.2, 0) is 11.2 Å². The summed E-state index contributed by atoms with van der Waals surface area (Å²) in [7, 11) is 0. The summed E-state index contributed by atoms with van der Waals surface area (Å²) in [5.41, 5.74) is 0.459. The van der Waals surface area contributed by atoms with Crippen molar-refractivity contribution >= 4 is 5.91 Å². The lowest BCUT2D eigenvalue weighted by atomic mass is 10.0. The standard InChI is InChI=1S/C15H23NO2/c1-3-15(2,18)12-16-14(17)11-7-10-13-8-5-4-6-9-13/h4-6,8-9,18H,3,7,10-12H2,1-2H3,(H,16,17). The van der Waals surface area contributed by atoms with Crippen LogP contribution in [0.15, 0.2) is 30.3 Å². The molecule has 1 unspecified atom stereocenters. The number of amides is 1. The van der Waals surface area contributed by atoms with Crippen LogP contribution in [0.4, 0.5) is 0 Å². The van der Waals surface area contributed by atoms with E-state index < -0.39 is 5.60 Å². The van der Waals surface area contributed by atoms with Crippen molar-refractivity contribution in [1.82, 2.24) is 5.32 Å². The van der Waals surface area contributed by atoms with E-state index >= 15 is 0 Å². The summed E-state index contributed by atoms with van der Waals surface area (Å²) in [6.45, 7) is 3.96. The van der Waals surface area contributed by atoms with Gasteiger partial charge in [-0.2, -0.15) is 0 Å². The maximum Gasteiger partial charge on any atom is 0.220 e. The summed E-state index contributed by atoms with van der Waals surface area (Å²) in [5, 5.41) is 12.5. The average Bonchev–Trinajstić information content (AvgIpc) is 2.38. The van der Waals surface area contributed by atoms with Crippen molar-refractivity contribution in [2.24, 2.45) is 0 Å². The van der Waals surface area contributed by atoms with E-state index in [1.54, 1.807) is 6.92 Å². The van der Waals surface area contributed by atoms with Crippen molar-refractivity contribution in [1.29, 1.82) is 0 Å². The van der Waals surface area contributed by atoms with E-state index in [0.29, 0.717) is 19.4 Å². The molecule has 3 heteroatoms. The molecule has 0 aliphatic heterocycles. The summed E-state index contributed by atoms with van der Waals surface area (Å²) in [5.74, 6) is 0.0136. The molecule has 0 heterocycles. The molecule has 0 bridgehead atoms. The molecule has 0 aliphatic carbocycles. The first kappa shape index (κ1) is 14.7. The van der Waals surface area contributed by atoms with E-state index in [1.165, 1.54) is 5.56 Å². The molecule has 0 aliphatic rings. The molecule has 18 heavy (non-hydrogen) atoms. The third kappa shape index (κ3) is 5.82. The Morgan fingerprint density at radius 2 is 2.00 bits per heavy atom. The number of carbonyl (C=O) groups is 1. The van der Waals surface area contributed by atoms with Crippen LogP contribution >= 0.6 is 0 Å². The normalized spacial score (nSPS) is 13.9. The van der Waals surface area contributed by atoms with Gasteiger partial charge in [-0.3, -0.25) is 4.79 Å². The number of hydrogen-bond donors (Lipinski definition) is 2. The SMILES string of the molecule is CCC(C)(O)CNC(=O)CCCc1ccccc1. The van der Waals surface area contributed by atoms with Gasteiger partial charge in [-0.1, -0.05) is 37.3 Å². The lowest BCUT2D eigenvalue weighted by Gasteiger charge is -2.21. The van der Waals surface area contributed by atoms with Crippen LogP contribution in [-0.4, -0.2) is 23.2 Å². The predicted octanol–water partition coefficient (Wildman–Crippen LogP) is 2.29. The van der Waals surface area contributed by atoms with E-state index in [4.69, 9.17) is 0 Å². The van der Waals surface area contributed by atoms with E-state index in [0.717, 1.165) is 12.8 Å². The molecule has 3 nitrogen and oxygen atoms in total. The zero-order valence-electron chi connectivity index (χ0n) is 11.3. The third-order valence-electron chi connectivity index (χ3n) is 3.14. The van der Waals surface area contributed by atoms with E-state index in [1.807, 2.05) is 25.1 Å². The van der Waals surface area contributed by atoms with Gasteiger partial charge in [0.1, 0.15) is 0 Å². The third-order valence-corrected chi connectivity index (χ3v) is 3.14. The quantitative estimate of drug-likeness (QED) is 0.779. The van der Waals surface area contributed by atoms with Crippen molar-refractivity contribution in [2.45, 2.75) is 45.1 Å². The van der Waals surface area contributed by atoms with E-state index in [-0.39, 0.29) is 5.91 Å². The van der Waals surface area contributed by atoms with Gasteiger partial charge in [0.2, 0.25) is 5.91 Å². The predicted molar refractivity (Wildman–Crippen MR) is 73.3 cm³/mol. The molecular formula is C15H23NO2. The lowest BCUT2D eigenvalue weighted by molar-refractivity contribution is -0.122. The maximum atomic E-state index is 11.6. The van der Waals surface area contributed by atoms with Crippen molar-refractivity contribution in [3.05, 3.63) is 35.9 Å². The summed E-state index contributed by atoms with van der Waals surface area (Å²) < 4.78 is 0. The summed E-state index contributed by atoms with van der Waals surface area (Å²) in [4.78, 5) is 11.6. The molecule has 100 valence electrons. The fourth-order valence-electron chi connectivity index (χ4n) is 1.60. The molecule has 0 saturated carbocycles. The second-order valence-electron chi connectivity index (χ2n) is 4.97. The van der Waals surface area contributed by atoms with Crippen LogP contribution < -0.4 is 5.32 Å². The van der Waals surface area contributed by atoms with Gasteiger partial charge in [-0.05, 0) is 31.7 Å². The molecule has 1 amide bonds. The van der Waals surface area contributed by atoms with Crippen LogP contribution in [0.25, 0.3) is 0 Å². The molecular weight excluding hydrogens is 226 g/mol. The minimum absolute atomic E-state index is 0.0136. The molecule has 1 aromatic carbocycles. The van der Waals surface area contributed by atoms with E-state index in [2.05, 4.69) is 17.4 Å². The highest BCUT2D eigenvalue weighted by Gasteiger charge is 2.17. The molecule has 1 atom stereocenters. The van der Waals surface area contributed by atoms with Gasteiger partial charge in [-0.15, -0.1) is 0 Å². The minimum atomic E-state index is -0.797. The van der Waals surface area contributed by atoms with Crippen molar-refractivity contribution in [3.63, 3.8) is 0 Å². The number of hydrogen-bond acceptors (Lipinski definition) is 2. The highest BCUT2D eigenvalue weighted by Crippen LogP contribution is 2.07. The van der Waals surface area contributed by atoms with Crippen LogP contribution in [0.3, 0.4) is 0 Å². The minimum Gasteiger partial charge on any atom is -0.388 e. The molecule has 1 aromatic rings. The van der Waals surface area contributed by atoms with Gasteiger partial charge in [0.25, 0.3) is 0 Å². The fraction of sp³-hybridized carbons (Fsp3) is 0.533. The topological polar surface area (TPSA) is 49.3 Å². The van der Waals surface area contributed by atoms with Gasteiger partial charge >= 0.3 is 0 Å². The Balaban J connectivity index is 2.18. The number of nitrogens with one attached hydrogen (secondary N) is 1. The molecule has 0 aromatic heterocycles. The van der Waals surface area contributed by atoms with Crippen LogP contribution in [0, 0.1) is 0 Å². The Bertz CT molecular complexity index is 360. The summed E-state index contributed by atoms with van der Waals surface area (Å²) in [6.07, 6.45) is 2.90. The fourth-order valence-corrected chi connectivity index (χ4v) is 1.60. The van der Waals surface area contributed by atoms with Crippen molar-refractivity contribution in [3.8, 4) is 0 Å². The maximum absolute atomic E-state index is 11.6. The van der Waals surface area contributed by atoms with Gasteiger partial charge in [0.15, 0.2) is 0 Å². The first-order valence-corrected chi connectivity index (χ1v) is 6.56. The molecule has 1 rings (SSSR count). The molecule has 0 fully saturated rings. The monoisotopic (exact) mass is 249 g/mol. The second-order valence-corrected chi connectivity index (χ2v) is 4.97. The zero-order valence-corrected chi connectivity index (χ0v) is 11.3. The van der Waals surface area contributed by atoms with Crippen molar-refractivity contribution < 1.29 is 9.90 Å². The van der Waals surface area contributed by atoms with Gasteiger partial charge < -0.3 is 10.4 Å². The number of benzene rings is 1. The van der Waals surface area contributed by atoms with Crippen molar-refractivity contribution in [2.75, 3.05) is 6.54 Å². The second kappa shape index (κ2) is 7.17. The zero-order chi connectivity index (χ0) is 13.4. The van der Waals surface area contributed by atoms with Crippen LogP contribution in [0.5, 0.6) is 0 Å². The smallest absolute Gasteiger partial charge is 0.220 e. The summed E-state index contributed by atoms with van der Waals surface area (Å²) >= 11 is 0. The average molecular weight is 249 g/mol. The Kier molecular flexibility index (Phi) is 5.86.